The van der Waals surface area contributed by atoms with Gasteiger partial charge in [0.2, 0.25) is 0 Å². The molecule has 4 rings (SSSR count). The third-order valence-electron chi connectivity index (χ3n) is 4.69. The molecular formula is C19H17N3O4S. The van der Waals surface area contributed by atoms with Gasteiger partial charge in [0, 0.05) is 28.1 Å². The lowest BCUT2D eigenvalue weighted by molar-refractivity contribution is 0.100. The highest BCUT2D eigenvalue weighted by atomic mass is 32.2. The van der Waals surface area contributed by atoms with Gasteiger partial charge in [-0.25, -0.2) is 8.42 Å². The quantitative estimate of drug-likeness (QED) is 0.563. The Labute approximate surface area is 155 Å². The zero-order valence-corrected chi connectivity index (χ0v) is 15.8. The van der Waals surface area contributed by atoms with Crippen LogP contribution in [0.1, 0.15) is 21.8 Å². The molecule has 2 aromatic heterocycles. The normalized spacial score (nSPS) is 12.1. The number of fused-ring (bicyclic) bond motifs is 3. The molecule has 27 heavy (non-hydrogen) atoms. The maximum absolute atomic E-state index is 12.1. The Bertz CT molecular complexity index is 1330. The molecule has 0 radical (unpaired) electrons. The Hall–Kier alpha value is -3.13. The molecular weight excluding hydrogens is 366 g/mol. The molecule has 0 aliphatic heterocycles. The van der Waals surface area contributed by atoms with Gasteiger partial charge in [-0.15, -0.1) is 0 Å². The highest BCUT2D eigenvalue weighted by Crippen LogP contribution is 2.35. The van der Waals surface area contributed by atoms with Gasteiger partial charge in [0.05, 0.1) is 21.7 Å². The first-order chi connectivity index (χ1) is 12.7. The van der Waals surface area contributed by atoms with Gasteiger partial charge in [-0.3, -0.25) is 4.79 Å². The van der Waals surface area contributed by atoms with E-state index >= 15 is 0 Å². The van der Waals surface area contributed by atoms with Crippen LogP contribution in [0.5, 0.6) is 0 Å². The second kappa shape index (κ2) is 5.68. The van der Waals surface area contributed by atoms with Gasteiger partial charge in [-0.1, -0.05) is 11.2 Å². The van der Waals surface area contributed by atoms with E-state index < -0.39 is 15.7 Å². The maximum atomic E-state index is 12.1. The van der Waals surface area contributed by atoms with Crippen molar-refractivity contribution in [2.24, 2.45) is 5.73 Å². The Morgan fingerprint density at radius 2 is 1.89 bits per heavy atom. The molecule has 8 heteroatoms. The number of aryl methyl sites for hydroxylation is 2. The SMILES string of the molecule is Cc1noc(C)c1-c1cc(C(N)=O)c2[nH]c3cc(S(C)(=O)=O)ccc3c2c1. The van der Waals surface area contributed by atoms with Gasteiger partial charge in [0.15, 0.2) is 9.84 Å². The van der Waals surface area contributed by atoms with Crippen molar-refractivity contribution in [3.05, 3.63) is 47.3 Å². The van der Waals surface area contributed by atoms with Crippen LogP contribution in [-0.4, -0.2) is 30.7 Å². The summed E-state index contributed by atoms with van der Waals surface area (Å²) in [5.74, 6) is 0.0602. The van der Waals surface area contributed by atoms with Gasteiger partial charge in [-0.05, 0) is 43.7 Å². The largest absolute Gasteiger partial charge is 0.366 e. The number of nitrogens with two attached hydrogens (primary N) is 1. The zero-order valence-electron chi connectivity index (χ0n) is 15.0. The fourth-order valence-electron chi connectivity index (χ4n) is 3.45. The Morgan fingerprint density at radius 3 is 2.48 bits per heavy atom. The van der Waals surface area contributed by atoms with E-state index in [0.717, 1.165) is 28.2 Å². The second-order valence-corrected chi connectivity index (χ2v) is 8.63. The van der Waals surface area contributed by atoms with Crippen LogP contribution in [0.3, 0.4) is 0 Å². The standard InChI is InChI=1S/C19H17N3O4S/c1-9-17(10(2)26-22-9)11-6-14-13-5-4-12(27(3,24)25)8-16(13)21-18(14)15(7-11)19(20)23/h4-8,21H,1-3H3,(H2,20,23). The Kier molecular flexibility index (Phi) is 3.64. The number of aromatic nitrogens is 2. The van der Waals surface area contributed by atoms with E-state index in [2.05, 4.69) is 10.1 Å². The van der Waals surface area contributed by atoms with E-state index in [9.17, 15) is 13.2 Å². The van der Waals surface area contributed by atoms with E-state index in [-0.39, 0.29) is 4.90 Å². The van der Waals surface area contributed by atoms with E-state index in [1.807, 2.05) is 13.0 Å². The summed E-state index contributed by atoms with van der Waals surface area (Å²) in [4.78, 5) is 15.4. The molecule has 0 saturated carbocycles. The minimum absolute atomic E-state index is 0.202. The first-order valence-electron chi connectivity index (χ1n) is 8.19. The summed E-state index contributed by atoms with van der Waals surface area (Å²) in [7, 11) is -3.35. The van der Waals surface area contributed by atoms with E-state index in [1.54, 1.807) is 31.2 Å². The first kappa shape index (κ1) is 17.3. The highest BCUT2D eigenvalue weighted by Gasteiger charge is 2.19. The van der Waals surface area contributed by atoms with Crippen molar-refractivity contribution >= 4 is 37.6 Å². The molecule has 0 saturated heterocycles. The lowest BCUT2D eigenvalue weighted by Crippen LogP contribution is -2.11. The lowest BCUT2D eigenvalue weighted by atomic mass is 9.98. The van der Waals surface area contributed by atoms with E-state index in [1.165, 1.54) is 0 Å². The molecule has 0 unspecified atom stereocenters. The van der Waals surface area contributed by atoms with E-state index in [0.29, 0.717) is 28.1 Å². The Morgan fingerprint density at radius 1 is 1.15 bits per heavy atom. The van der Waals surface area contributed by atoms with E-state index in [4.69, 9.17) is 10.3 Å². The molecule has 0 aliphatic carbocycles. The van der Waals surface area contributed by atoms with Crippen molar-refractivity contribution in [3.8, 4) is 11.1 Å². The van der Waals surface area contributed by atoms with Gasteiger partial charge >= 0.3 is 0 Å². The van der Waals surface area contributed by atoms with Crippen molar-refractivity contribution in [2.45, 2.75) is 18.7 Å². The van der Waals surface area contributed by atoms with Crippen LogP contribution < -0.4 is 5.73 Å². The number of nitrogens with one attached hydrogen (secondary N) is 1. The number of hydrogen-bond acceptors (Lipinski definition) is 5. The number of nitrogens with zero attached hydrogens (tertiary/aromatic N) is 1. The molecule has 7 nitrogen and oxygen atoms in total. The molecule has 4 aromatic rings. The van der Waals surface area contributed by atoms with Crippen molar-refractivity contribution in [3.63, 3.8) is 0 Å². The third-order valence-corrected chi connectivity index (χ3v) is 5.81. The third kappa shape index (κ3) is 2.69. The summed E-state index contributed by atoms with van der Waals surface area (Å²) >= 11 is 0. The van der Waals surface area contributed by atoms with Crippen LogP contribution in [0.15, 0.2) is 39.8 Å². The number of sulfone groups is 1. The minimum atomic E-state index is -3.35. The van der Waals surface area contributed by atoms with Crippen LogP contribution in [-0.2, 0) is 9.84 Å². The molecule has 0 aliphatic rings. The monoisotopic (exact) mass is 383 g/mol. The number of benzene rings is 2. The summed E-state index contributed by atoms with van der Waals surface area (Å²) in [5, 5.41) is 5.54. The zero-order chi connectivity index (χ0) is 19.5. The van der Waals surface area contributed by atoms with Gasteiger partial charge < -0.3 is 15.2 Å². The van der Waals surface area contributed by atoms with Gasteiger partial charge in [-0.2, -0.15) is 0 Å². The summed E-state index contributed by atoms with van der Waals surface area (Å²) < 4.78 is 28.9. The summed E-state index contributed by atoms with van der Waals surface area (Å²) in [6.45, 7) is 3.63. The number of carbonyl (C=O) groups excluding carboxylic acids is 1. The number of rotatable bonds is 3. The number of H-pyrrole nitrogens is 1. The number of amides is 1. The molecule has 0 atom stereocenters. The van der Waals surface area contributed by atoms with Gasteiger partial charge in [0.1, 0.15) is 5.76 Å². The van der Waals surface area contributed by atoms with Crippen molar-refractivity contribution in [1.29, 1.82) is 0 Å². The maximum Gasteiger partial charge on any atom is 0.250 e. The molecule has 1 amide bonds. The van der Waals surface area contributed by atoms with Crippen LogP contribution in [0.2, 0.25) is 0 Å². The number of hydrogen-bond donors (Lipinski definition) is 2. The highest BCUT2D eigenvalue weighted by molar-refractivity contribution is 7.90. The molecule has 0 bridgehead atoms. The fraction of sp³-hybridized carbons (Fsp3) is 0.158. The summed E-state index contributed by atoms with van der Waals surface area (Å²) in [6.07, 6.45) is 1.15. The topological polar surface area (TPSA) is 119 Å². The number of primary amides is 1. The number of aromatic amines is 1. The molecule has 3 N–H and O–H groups in total. The molecule has 0 spiro atoms. The summed E-state index contributed by atoms with van der Waals surface area (Å²) in [6, 6.07) is 8.46. The molecule has 2 heterocycles. The first-order valence-corrected chi connectivity index (χ1v) is 10.1. The van der Waals surface area contributed by atoms with Crippen LogP contribution in [0, 0.1) is 13.8 Å². The van der Waals surface area contributed by atoms with Crippen molar-refractivity contribution < 1.29 is 17.7 Å². The van der Waals surface area contributed by atoms with Crippen LogP contribution >= 0.6 is 0 Å². The molecule has 2 aromatic carbocycles. The predicted molar refractivity (Wildman–Crippen MR) is 102 cm³/mol. The average molecular weight is 383 g/mol. The lowest BCUT2D eigenvalue weighted by Gasteiger charge is -2.05. The smallest absolute Gasteiger partial charge is 0.250 e. The second-order valence-electron chi connectivity index (χ2n) is 6.61. The summed E-state index contributed by atoms with van der Waals surface area (Å²) in [5.41, 5.74) is 9.39. The minimum Gasteiger partial charge on any atom is -0.366 e. The van der Waals surface area contributed by atoms with Crippen LogP contribution in [0.25, 0.3) is 32.9 Å². The number of carbonyl (C=O) groups is 1. The van der Waals surface area contributed by atoms with Gasteiger partial charge in [0.25, 0.3) is 5.91 Å². The van der Waals surface area contributed by atoms with Crippen LogP contribution in [0.4, 0.5) is 0 Å². The van der Waals surface area contributed by atoms with Crippen molar-refractivity contribution in [1.82, 2.24) is 10.1 Å². The molecule has 0 fully saturated rings. The average Bonchev–Trinajstić information content (AvgIpc) is 3.12. The Balaban J connectivity index is 2.10. The molecule has 138 valence electrons. The fourth-order valence-corrected chi connectivity index (χ4v) is 4.10. The van der Waals surface area contributed by atoms with Crippen molar-refractivity contribution in [2.75, 3.05) is 6.26 Å². The predicted octanol–water partition coefficient (Wildman–Crippen LogP) is 3.10.